The van der Waals surface area contributed by atoms with Crippen LogP contribution in [0.2, 0.25) is 5.02 Å². The highest BCUT2D eigenvalue weighted by Gasteiger charge is 2.02. The van der Waals surface area contributed by atoms with Crippen LogP contribution in [0, 0.1) is 0 Å². The molecule has 2 heteroatoms. The lowest BCUT2D eigenvalue weighted by atomic mass is 10.0. The summed E-state index contributed by atoms with van der Waals surface area (Å²) in [5, 5.41) is 0.690. The van der Waals surface area contributed by atoms with Crippen molar-refractivity contribution in [3.05, 3.63) is 101 Å². The van der Waals surface area contributed by atoms with E-state index in [1.807, 2.05) is 78.9 Å². The molecule has 0 aromatic heterocycles. The standard InChI is InChI=1S/C21H16ClF/c22-20-13-6-16(7-14-20)8-15-21(23)19-11-9-18(10-12-19)17-4-2-1-3-5-17/h1-7,9-15H,8H2/b21-15-. The average molecular weight is 323 g/mol. The van der Waals surface area contributed by atoms with Crippen molar-refractivity contribution in [2.75, 3.05) is 0 Å². The predicted octanol–water partition coefficient (Wildman–Crippen LogP) is 6.56. The Balaban J connectivity index is 1.73. The van der Waals surface area contributed by atoms with Crippen molar-refractivity contribution in [1.82, 2.24) is 0 Å². The molecule has 0 amide bonds. The topological polar surface area (TPSA) is 0 Å². The van der Waals surface area contributed by atoms with Crippen LogP contribution >= 0.6 is 11.6 Å². The molecule has 0 aliphatic heterocycles. The molecule has 0 saturated carbocycles. The van der Waals surface area contributed by atoms with Crippen LogP contribution < -0.4 is 0 Å². The summed E-state index contributed by atoms with van der Waals surface area (Å²) >= 11 is 5.85. The molecule has 0 aliphatic carbocycles. The molecule has 0 bridgehead atoms. The van der Waals surface area contributed by atoms with E-state index >= 15 is 0 Å². The maximum Gasteiger partial charge on any atom is 0.126 e. The fraction of sp³-hybridized carbons (Fsp3) is 0.0476. The van der Waals surface area contributed by atoms with Crippen molar-refractivity contribution in [2.45, 2.75) is 6.42 Å². The lowest BCUT2D eigenvalue weighted by Crippen LogP contribution is -1.84. The Kier molecular flexibility index (Phi) is 4.89. The fourth-order valence-corrected chi connectivity index (χ4v) is 2.52. The SMILES string of the molecule is F/C(=C\Cc1ccc(Cl)cc1)c1ccc(-c2ccccc2)cc1. The third kappa shape index (κ3) is 4.08. The van der Waals surface area contributed by atoms with E-state index in [0.717, 1.165) is 16.7 Å². The first-order chi connectivity index (χ1) is 11.2. The molecule has 0 unspecified atom stereocenters. The quantitative estimate of drug-likeness (QED) is 0.510. The summed E-state index contributed by atoms with van der Waals surface area (Å²) in [6.45, 7) is 0. The van der Waals surface area contributed by atoms with Gasteiger partial charge >= 0.3 is 0 Å². The van der Waals surface area contributed by atoms with Crippen molar-refractivity contribution in [2.24, 2.45) is 0 Å². The highest BCUT2D eigenvalue weighted by Crippen LogP contribution is 2.23. The minimum Gasteiger partial charge on any atom is -0.207 e. The Morgan fingerprint density at radius 2 is 1.39 bits per heavy atom. The summed E-state index contributed by atoms with van der Waals surface area (Å²) < 4.78 is 14.3. The number of hydrogen-bond acceptors (Lipinski definition) is 0. The van der Waals surface area contributed by atoms with Gasteiger partial charge in [-0.15, -0.1) is 0 Å². The Labute approximate surface area is 140 Å². The van der Waals surface area contributed by atoms with E-state index in [1.54, 1.807) is 6.08 Å². The van der Waals surface area contributed by atoms with E-state index in [-0.39, 0.29) is 5.83 Å². The van der Waals surface area contributed by atoms with Crippen LogP contribution in [0.1, 0.15) is 11.1 Å². The van der Waals surface area contributed by atoms with Crippen molar-refractivity contribution < 1.29 is 4.39 Å². The largest absolute Gasteiger partial charge is 0.207 e. The van der Waals surface area contributed by atoms with Gasteiger partial charge < -0.3 is 0 Å². The zero-order valence-corrected chi connectivity index (χ0v) is 13.3. The van der Waals surface area contributed by atoms with Gasteiger partial charge in [-0.05, 0) is 41.3 Å². The van der Waals surface area contributed by atoms with Crippen molar-refractivity contribution in [3.8, 4) is 11.1 Å². The van der Waals surface area contributed by atoms with Crippen molar-refractivity contribution >= 4 is 17.4 Å². The second-order valence-electron chi connectivity index (χ2n) is 5.33. The second-order valence-corrected chi connectivity index (χ2v) is 5.76. The number of hydrogen-bond donors (Lipinski definition) is 0. The number of allylic oxidation sites excluding steroid dienone is 1. The van der Waals surface area contributed by atoms with Gasteiger partial charge in [0.15, 0.2) is 0 Å². The van der Waals surface area contributed by atoms with Gasteiger partial charge in [-0.1, -0.05) is 78.3 Å². The van der Waals surface area contributed by atoms with Crippen LogP contribution in [0.25, 0.3) is 17.0 Å². The molecule has 23 heavy (non-hydrogen) atoms. The summed E-state index contributed by atoms with van der Waals surface area (Å²) in [6, 6.07) is 25.0. The minimum absolute atomic E-state index is 0.209. The maximum atomic E-state index is 14.3. The molecular formula is C21H16ClF. The van der Waals surface area contributed by atoms with Crippen LogP contribution in [0.3, 0.4) is 0 Å². The molecule has 0 N–H and O–H groups in total. The highest BCUT2D eigenvalue weighted by atomic mass is 35.5. The number of benzene rings is 3. The summed E-state index contributed by atoms with van der Waals surface area (Å²) in [6.07, 6.45) is 2.14. The Bertz CT molecular complexity index is 788. The van der Waals surface area contributed by atoms with Crippen LogP contribution in [-0.2, 0) is 6.42 Å². The summed E-state index contributed by atoms with van der Waals surface area (Å²) in [7, 11) is 0. The Hall–Kier alpha value is -2.38. The van der Waals surface area contributed by atoms with Gasteiger partial charge in [-0.3, -0.25) is 0 Å². The Morgan fingerprint density at radius 1 is 0.783 bits per heavy atom. The molecule has 3 rings (SSSR count). The van der Waals surface area contributed by atoms with Gasteiger partial charge in [0.1, 0.15) is 5.83 Å². The van der Waals surface area contributed by atoms with Gasteiger partial charge in [0.25, 0.3) is 0 Å². The van der Waals surface area contributed by atoms with Gasteiger partial charge in [-0.2, -0.15) is 0 Å². The molecule has 114 valence electrons. The molecule has 0 radical (unpaired) electrons. The molecule has 0 saturated heterocycles. The molecule has 0 spiro atoms. The molecule has 0 atom stereocenters. The van der Waals surface area contributed by atoms with E-state index < -0.39 is 0 Å². The summed E-state index contributed by atoms with van der Waals surface area (Å²) in [5.74, 6) is -0.209. The predicted molar refractivity (Wildman–Crippen MR) is 96.1 cm³/mol. The molecule has 3 aromatic rings. The third-order valence-corrected chi connectivity index (χ3v) is 3.95. The second kappa shape index (κ2) is 7.26. The summed E-state index contributed by atoms with van der Waals surface area (Å²) in [5.41, 5.74) is 3.84. The van der Waals surface area contributed by atoms with Crippen LogP contribution in [-0.4, -0.2) is 0 Å². The van der Waals surface area contributed by atoms with E-state index in [2.05, 4.69) is 0 Å². The first-order valence-electron chi connectivity index (χ1n) is 7.48. The lowest BCUT2D eigenvalue weighted by Gasteiger charge is -2.03. The molecule has 0 heterocycles. The van der Waals surface area contributed by atoms with Crippen LogP contribution in [0.5, 0.6) is 0 Å². The molecule has 3 aromatic carbocycles. The third-order valence-electron chi connectivity index (χ3n) is 3.70. The molecule has 0 aliphatic rings. The zero-order valence-electron chi connectivity index (χ0n) is 12.5. The Morgan fingerprint density at radius 3 is 2.04 bits per heavy atom. The monoisotopic (exact) mass is 322 g/mol. The van der Waals surface area contributed by atoms with E-state index in [9.17, 15) is 4.39 Å². The minimum atomic E-state index is -0.209. The fourth-order valence-electron chi connectivity index (χ4n) is 2.40. The first kappa shape index (κ1) is 15.5. The van der Waals surface area contributed by atoms with Crippen molar-refractivity contribution in [1.29, 1.82) is 0 Å². The van der Waals surface area contributed by atoms with Gasteiger partial charge in [0.2, 0.25) is 0 Å². The van der Waals surface area contributed by atoms with E-state index in [0.29, 0.717) is 17.0 Å². The van der Waals surface area contributed by atoms with Gasteiger partial charge in [0.05, 0.1) is 0 Å². The average Bonchev–Trinajstić information content (AvgIpc) is 2.62. The van der Waals surface area contributed by atoms with Crippen molar-refractivity contribution in [3.63, 3.8) is 0 Å². The molecule has 0 fully saturated rings. The molecular weight excluding hydrogens is 307 g/mol. The van der Waals surface area contributed by atoms with Gasteiger partial charge in [0, 0.05) is 10.6 Å². The van der Waals surface area contributed by atoms with E-state index in [1.165, 1.54) is 0 Å². The zero-order chi connectivity index (χ0) is 16.1. The summed E-state index contributed by atoms with van der Waals surface area (Å²) in [4.78, 5) is 0. The first-order valence-corrected chi connectivity index (χ1v) is 7.86. The van der Waals surface area contributed by atoms with Gasteiger partial charge in [-0.25, -0.2) is 4.39 Å². The van der Waals surface area contributed by atoms with Crippen LogP contribution in [0.4, 0.5) is 4.39 Å². The lowest BCUT2D eigenvalue weighted by molar-refractivity contribution is 0.756. The normalized spacial score (nSPS) is 11.5. The molecule has 0 nitrogen and oxygen atoms in total. The smallest absolute Gasteiger partial charge is 0.126 e. The maximum absolute atomic E-state index is 14.3. The van der Waals surface area contributed by atoms with E-state index in [4.69, 9.17) is 11.6 Å². The van der Waals surface area contributed by atoms with Crippen LogP contribution in [0.15, 0.2) is 84.9 Å². The number of halogens is 2. The number of rotatable bonds is 4. The highest BCUT2D eigenvalue weighted by molar-refractivity contribution is 6.30.